The van der Waals surface area contributed by atoms with Crippen LogP contribution in [0.2, 0.25) is 0 Å². The largest absolute Gasteiger partial charge is 0.0813 e. The van der Waals surface area contributed by atoms with Gasteiger partial charge in [0.05, 0.1) is 0 Å². The normalized spacial score (nSPS) is 53.0. The van der Waals surface area contributed by atoms with Crippen LogP contribution in [0, 0.1) is 23.7 Å². The Bertz CT molecular complexity index is 214. The quantitative estimate of drug-likeness (QED) is 0.463. The van der Waals surface area contributed by atoms with Crippen LogP contribution in [0.1, 0.15) is 32.6 Å². The fourth-order valence-electron chi connectivity index (χ4n) is 3.61. The average molecular weight is 148 g/mol. The van der Waals surface area contributed by atoms with E-state index in [1.807, 2.05) is 5.57 Å². The molecule has 0 aromatic heterocycles. The van der Waals surface area contributed by atoms with Crippen LogP contribution in [0.5, 0.6) is 0 Å². The second kappa shape index (κ2) is 1.91. The summed E-state index contributed by atoms with van der Waals surface area (Å²) in [6.45, 7) is 2.48. The van der Waals surface area contributed by atoms with Crippen molar-refractivity contribution in [2.75, 3.05) is 0 Å². The molecule has 3 aliphatic rings. The third kappa shape index (κ3) is 0.660. The Hall–Kier alpha value is -0.260. The Morgan fingerprint density at radius 3 is 3.00 bits per heavy atom. The lowest BCUT2D eigenvalue weighted by Crippen LogP contribution is -2.42. The Morgan fingerprint density at radius 1 is 1.27 bits per heavy atom. The van der Waals surface area contributed by atoms with E-state index < -0.39 is 0 Å². The van der Waals surface area contributed by atoms with Gasteiger partial charge in [-0.25, -0.2) is 0 Å². The molecule has 3 aliphatic carbocycles. The van der Waals surface area contributed by atoms with Crippen LogP contribution in [0.15, 0.2) is 11.6 Å². The van der Waals surface area contributed by atoms with Gasteiger partial charge in [0.15, 0.2) is 0 Å². The highest BCUT2D eigenvalue weighted by Gasteiger charge is 2.45. The van der Waals surface area contributed by atoms with E-state index in [4.69, 9.17) is 0 Å². The molecule has 0 aliphatic heterocycles. The maximum atomic E-state index is 2.57. The Kier molecular flexibility index (Phi) is 1.09. The highest BCUT2D eigenvalue weighted by Crippen LogP contribution is 2.55. The third-order valence-corrected chi connectivity index (χ3v) is 4.30. The van der Waals surface area contributed by atoms with Gasteiger partial charge in [-0.05, 0) is 49.4 Å². The summed E-state index contributed by atoms with van der Waals surface area (Å²) in [6, 6.07) is 0. The van der Waals surface area contributed by atoms with Crippen LogP contribution in [0.4, 0.5) is 0 Å². The van der Waals surface area contributed by atoms with Crippen molar-refractivity contribution in [3.8, 4) is 0 Å². The topological polar surface area (TPSA) is 0 Å². The van der Waals surface area contributed by atoms with Crippen LogP contribution < -0.4 is 0 Å². The molecule has 0 heterocycles. The van der Waals surface area contributed by atoms with Gasteiger partial charge in [-0.15, -0.1) is 0 Å². The van der Waals surface area contributed by atoms with Crippen molar-refractivity contribution < 1.29 is 0 Å². The molecular formula is C11H16. The average Bonchev–Trinajstić information content (AvgIpc) is 1.80. The minimum absolute atomic E-state index is 1.01. The first-order valence-electron chi connectivity index (χ1n) is 5.07. The van der Waals surface area contributed by atoms with Gasteiger partial charge in [0.25, 0.3) is 0 Å². The summed E-state index contributed by atoms with van der Waals surface area (Å²) in [4.78, 5) is 0. The number of allylic oxidation sites excluding steroid dienone is 2. The van der Waals surface area contributed by atoms with E-state index in [-0.39, 0.29) is 0 Å². The van der Waals surface area contributed by atoms with Crippen molar-refractivity contribution in [3.05, 3.63) is 11.6 Å². The standard InChI is InChI=1S/C11H16/c1-7-8-2-4-9-6-10(5-3-8)11(7)9/h6-9,11H,2-5H2,1H3. The zero-order valence-electron chi connectivity index (χ0n) is 7.22. The molecule has 0 saturated heterocycles. The molecule has 0 amide bonds. The predicted molar refractivity (Wildman–Crippen MR) is 46.2 cm³/mol. The van der Waals surface area contributed by atoms with Gasteiger partial charge >= 0.3 is 0 Å². The predicted octanol–water partition coefficient (Wildman–Crippen LogP) is 3.00. The smallest absolute Gasteiger partial charge is 0.0112 e. The van der Waals surface area contributed by atoms with E-state index in [1.165, 1.54) is 25.7 Å². The van der Waals surface area contributed by atoms with E-state index in [1.54, 1.807) is 0 Å². The summed E-state index contributed by atoms with van der Waals surface area (Å²) in [5.41, 5.74) is 1.82. The molecule has 2 fully saturated rings. The van der Waals surface area contributed by atoms with E-state index in [2.05, 4.69) is 13.0 Å². The van der Waals surface area contributed by atoms with E-state index >= 15 is 0 Å². The second-order valence-electron chi connectivity index (χ2n) is 4.67. The lowest BCUT2D eigenvalue weighted by atomic mass is 9.53. The molecule has 0 spiro atoms. The van der Waals surface area contributed by atoms with Gasteiger partial charge in [-0.3, -0.25) is 0 Å². The van der Waals surface area contributed by atoms with Crippen molar-refractivity contribution >= 4 is 0 Å². The lowest BCUT2D eigenvalue weighted by molar-refractivity contribution is 0.0895. The molecule has 4 atom stereocenters. The molecule has 4 unspecified atom stereocenters. The second-order valence-corrected chi connectivity index (χ2v) is 4.67. The van der Waals surface area contributed by atoms with Gasteiger partial charge < -0.3 is 0 Å². The Morgan fingerprint density at radius 2 is 2.18 bits per heavy atom. The van der Waals surface area contributed by atoms with Crippen LogP contribution in [0.25, 0.3) is 0 Å². The van der Waals surface area contributed by atoms with E-state index in [0.717, 1.165) is 23.7 Å². The van der Waals surface area contributed by atoms with E-state index in [9.17, 15) is 0 Å². The summed E-state index contributed by atoms with van der Waals surface area (Å²) in [7, 11) is 0. The fraction of sp³-hybridized carbons (Fsp3) is 0.818. The third-order valence-electron chi connectivity index (χ3n) is 4.30. The van der Waals surface area contributed by atoms with Crippen molar-refractivity contribution in [2.45, 2.75) is 32.6 Å². The van der Waals surface area contributed by atoms with Gasteiger partial charge in [-0.2, -0.15) is 0 Å². The minimum atomic E-state index is 1.01. The maximum absolute atomic E-state index is 2.57. The SMILES string of the molecule is CC1C2CCC3=CC(CC2)C31. The van der Waals surface area contributed by atoms with Crippen molar-refractivity contribution in [1.82, 2.24) is 0 Å². The highest BCUT2D eigenvalue weighted by molar-refractivity contribution is 5.27. The molecule has 2 bridgehead atoms. The van der Waals surface area contributed by atoms with Gasteiger partial charge in [0.2, 0.25) is 0 Å². The van der Waals surface area contributed by atoms with Crippen molar-refractivity contribution in [1.29, 1.82) is 0 Å². The van der Waals surface area contributed by atoms with Gasteiger partial charge in [0, 0.05) is 0 Å². The first-order valence-corrected chi connectivity index (χ1v) is 5.07. The lowest BCUT2D eigenvalue weighted by Gasteiger charge is -2.52. The summed E-state index contributed by atoms with van der Waals surface area (Å²) >= 11 is 0. The van der Waals surface area contributed by atoms with Crippen LogP contribution >= 0.6 is 0 Å². The minimum Gasteiger partial charge on any atom is -0.0813 e. The van der Waals surface area contributed by atoms with Crippen LogP contribution in [-0.4, -0.2) is 0 Å². The first-order chi connectivity index (χ1) is 5.36. The molecule has 0 aromatic carbocycles. The highest BCUT2D eigenvalue weighted by atomic mass is 14.5. The molecule has 0 aromatic rings. The molecule has 0 nitrogen and oxygen atoms in total. The molecule has 0 heteroatoms. The molecule has 11 heavy (non-hydrogen) atoms. The first kappa shape index (κ1) is 6.28. The molecule has 0 N–H and O–H groups in total. The number of hydrogen-bond acceptors (Lipinski definition) is 0. The van der Waals surface area contributed by atoms with Crippen LogP contribution in [0.3, 0.4) is 0 Å². The Labute approximate surface area is 68.7 Å². The summed E-state index contributed by atoms with van der Waals surface area (Å²) in [6.07, 6.45) is 8.53. The number of rotatable bonds is 0. The molecule has 0 radical (unpaired) electrons. The summed E-state index contributed by atoms with van der Waals surface area (Å²) in [5.74, 6) is 4.18. The molecule has 2 saturated carbocycles. The van der Waals surface area contributed by atoms with Gasteiger partial charge in [-0.1, -0.05) is 18.6 Å². The molecule has 60 valence electrons. The molecular weight excluding hydrogens is 132 g/mol. The molecule has 3 rings (SSSR count). The summed E-state index contributed by atoms with van der Waals surface area (Å²) < 4.78 is 0. The van der Waals surface area contributed by atoms with E-state index in [0.29, 0.717) is 0 Å². The number of hydrogen-bond donors (Lipinski definition) is 0. The van der Waals surface area contributed by atoms with Crippen LogP contribution in [-0.2, 0) is 0 Å². The Balaban J connectivity index is 1.99. The van der Waals surface area contributed by atoms with Gasteiger partial charge in [0.1, 0.15) is 0 Å². The summed E-state index contributed by atoms with van der Waals surface area (Å²) in [5, 5.41) is 0. The monoisotopic (exact) mass is 148 g/mol. The maximum Gasteiger partial charge on any atom is -0.0112 e. The number of fused-ring (bicyclic) bond motifs is 1. The zero-order valence-corrected chi connectivity index (χ0v) is 7.22. The van der Waals surface area contributed by atoms with Crippen molar-refractivity contribution in [2.24, 2.45) is 23.7 Å². The van der Waals surface area contributed by atoms with Crippen molar-refractivity contribution in [3.63, 3.8) is 0 Å². The fourth-order valence-corrected chi connectivity index (χ4v) is 3.61. The zero-order chi connectivity index (χ0) is 7.42.